The topological polar surface area (TPSA) is 17.1 Å². The molecule has 0 atom stereocenters. The van der Waals surface area contributed by atoms with Crippen molar-refractivity contribution in [3.63, 3.8) is 0 Å². The van der Waals surface area contributed by atoms with E-state index in [9.17, 15) is 4.79 Å². The lowest BCUT2D eigenvalue weighted by molar-refractivity contribution is -0.879. The molecule has 0 heterocycles. The second kappa shape index (κ2) is 9.01. The molecule has 116 valence electrons. The number of quaternary nitrogens is 1. The van der Waals surface area contributed by atoms with Gasteiger partial charge in [-0.2, -0.15) is 0 Å². The zero-order valence-electron chi connectivity index (χ0n) is 13.4. The number of hydrogen-bond donors (Lipinski definition) is 0. The van der Waals surface area contributed by atoms with Crippen molar-refractivity contribution in [3.05, 3.63) is 47.1 Å². The Labute approximate surface area is 134 Å². The Morgan fingerprint density at radius 3 is 1.90 bits per heavy atom. The van der Waals surface area contributed by atoms with Gasteiger partial charge in [-0.05, 0) is 43.5 Å². The fraction of sp³-hybridized carbons (Fsp3) is 0.500. The predicted octanol–water partition coefficient (Wildman–Crippen LogP) is 5.08. The summed E-state index contributed by atoms with van der Waals surface area (Å²) in [6, 6.07) is 7.08. The molecule has 2 nitrogen and oxygen atoms in total. The first-order valence-electron chi connectivity index (χ1n) is 7.91. The highest BCUT2D eigenvalue weighted by Crippen LogP contribution is 2.15. The quantitative estimate of drug-likeness (QED) is 0.353. The van der Waals surface area contributed by atoms with E-state index in [0.29, 0.717) is 10.6 Å². The van der Waals surface area contributed by atoms with Crippen molar-refractivity contribution in [1.82, 2.24) is 0 Å². The van der Waals surface area contributed by atoms with Gasteiger partial charge in [-0.3, -0.25) is 9.28 Å². The van der Waals surface area contributed by atoms with Gasteiger partial charge in [0.15, 0.2) is 5.78 Å². The molecule has 0 amide bonds. The van der Waals surface area contributed by atoms with Crippen LogP contribution in [0.1, 0.15) is 50.4 Å². The molecule has 0 spiro atoms. The van der Waals surface area contributed by atoms with E-state index in [2.05, 4.69) is 27.0 Å². The molecule has 1 aromatic carbocycles. The van der Waals surface area contributed by atoms with Crippen molar-refractivity contribution in [3.8, 4) is 0 Å². The third-order valence-corrected chi connectivity index (χ3v) is 3.93. The van der Waals surface area contributed by atoms with Crippen molar-refractivity contribution in [2.45, 2.75) is 40.0 Å². The summed E-state index contributed by atoms with van der Waals surface area (Å²) in [6.07, 6.45) is 7.22. The number of carbonyl (C=O) groups excluding carboxylic acids is 1. The summed E-state index contributed by atoms with van der Waals surface area (Å²) in [6.45, 7) is 9.87. The van der Waals surface area contributed by atoms with Crippen molar-refractivity contribution in [2.75, 3.05) is 19.6 Å². The molecule has 1 rings (SSSR count). The Morgan fingerprint density at radius 2 is 1.48 bits per heavy atom. The smallest absolute Gasteiger partial charge is 0.191 e. The first-order chi connectivity index (χ1) is 10.1. The Kier molecular flexibility index (Phi) is 7.69. The molecular formula is C18H27ClNO+. The standard InChI is InChI=1S/C18H27ClNO/c1-4-12-20(13-5-2,14-6-3)15-11-18(21)16-7-9-17(19)10-8-16/h7-11,15H,4-6,12-14H2,1-3H3/q+1. The highest BCUT2D eigenvalue weighted by Gasteiger charge is 2.22. The lowest BCUT2D eigenvalue weighted by Gasteiger charge is -2.34. The lowest BCUT2D eigenvalue weighted by Crippen LogP contribution is -2.44. The molecule has 0 bridgehead atoms. The zero-order valence-corrected chi connectivity index (χ0v) is 14.2. The van der Waals surface area contributed by atoms with Crippen LogP contribution in [0.15, 0.2) is 36.5 Å². The molecule has 0 aliphatic rings. The predicted molar refractivity (Wildman–Crippen MR) is 90.7 cm³/mol. The lowest BCUT2D eigenvalue weighted by atomic mass is 10.1. The SMILES string of the molecule is CCC[N+](C=CC(=O)c1ccc(Cl)cc1)(CCC)CCC. The molecule has 3 heteroatoms. The number of nitrogens with zero attached hydrogens (tertiary/aromatic N) is 1. The number of hydrogen-bond acceptors (Lipinski definition) is 1. The van der Waals surface area contributed by atoms with Crippen LogP contribution in [0.2, 0.25) is 5.02 Å². The van der Waals surface area contributed by atoms with Gasteiger partial charge in [0.05, 0.1) is 25.8 Å². The van der Waals surface area contributed by atoms with Crippen LogP contribution in [0.5, 0.6) is 0 Å². The maximum Gasteiger partial charge on any atom is 0.191 e. The van der Waals surface area contributed by atoms with Gasteiger partial charge in [0, 0.05) is 16.7 Å². The minimum atomic E-state index is 0.0532. The molecular weight excluding hydrogens is 282 g/mol. The van der Waals surface area contributed by atoms with E-state index in [1.807, 2.05) is 0 Å². The summed E-state index contributed by atoms with van der Waals surface area (Å²) in [4.78, 5) is 12.3. The van der Waals surface area contributed by atoms with Gasteiger partial charge in [0.25, 0.3) is 0 Å². The minimum absolute atomic E-state index is 0.0532. The third kappa shape index (κ3) is 5.64. The number of halogens is 1. The first-order valence-corrected chi connectivity index (χ1v) is 8.29. The number of carbonyl (C=O) groups is 1. The largest absolute Gasteiger partial charge is 0.297 e. The summed E-state index contributed by atoms with van der Waals surface area (Å²) >= 11 is 5.86. The number of allylic oxidation sites excluding steroid dienone is 1. The Bertz CT molecular complexity index is 448. The summed E-state index contributed by atoms with van der Waals surface area (Å²) in [7, 11) is 0. The maximum absolute atomic E-state index is 12.3. The highest BCUT2D eigenvalue weighted by molar-refractivity contribution is 6.30. The second-order valence-corrected chi connectivity index (χ2v) is 6.01. The average molecular weight is 309 g/mol. The van der Waals surface area contributed by atoms with Crippen LogP contribution in [0.25, 0.3) is 0 Å². The fourth-order valence-corrected chi connectivity index (χ4v) is 2.96. The van der Waals surface area contributed by atoms with Crippen molar-refractivity contribution in [1.29, 1.82) is 0 Å². The molecule has 0 saturated heterocycles. The monoisotopic (exact) mass is 308 g/mol. The molecule has 0 N–H and O–H groups in total. The summed E-state index contributed by atoms with van der Waals surface area (Å²) < 4.78 is 0.906. The van der Waals surface area contributed by atoms with Gasteiger partial charge in [0.2, 0.25) is 0 Å². The van der Waals surface area contributed by atoms with Crippen molar-refractivity contribution in [2.24, 2.45) is 0 Å². The van der Waals surface area contributed by atoms with Crippen LogP contribution in [-0.2, 0) is 0 Å². The van der Waals surface area contributed by atoms with Gasteiger partial charge in [-0.1, -0.05) is 32.4 Å². The summed E-state index contributed by atoms with van der Waals surface area (Å²) in [5.74, 6) is 0.0532. The Morgan fingerprint density at radius 1 is 1.00 bits per heavy atom. The fourth-order valence-electron chi connectivity index (χ4n) is 2.83. The molecule has 0 saturated carbocycles. The van der Waals surface area contributed by atoms with Crippen LogP contribution in [-0.4, -0.2) is 29.9 Å². The van der Waals surface area contributed by atoms with Crippen LogP contribution >= 0.6 is 11.6 Å². The van der Waals surface area contributed by atoms with Gasteiger partial charge in [0.1, 0.15) is 0 Å². The van der Waals surface area contributed by atoms with Gasteiger partial charge >= 0.3 is 0 Å². The van der Waals surface area contributed by atoms with E-state index < -0.39 is 0 Å². The third-order valence-electron chi connectivity index (χ3n) is 3.68. The van der Waals surface area contributed by atoms with E-state index in [4.69, 9.17) is 11.6 Å². The summed E-state index contributed by atoms with van der Waals surface area (Å²) in [5, 5.41) is 0.656. The van der Waals surface area contributed by atoms with E-state index in [1.165, 1.54) is 0 Å². The second-order valence-electron chi connectivity index (χ2n) is 5.58. The molecule has 0 radical (unpaired) electrons. The van der Waals surface area contributed by atoms with Gasteiger partial charge in [-0.15, -0.1) is 0 Å². The normalized spacial score (nSPS) is 12.0. The Balaban J connectivity index is 2.89. The zero-order chi connectivity index (χ0) is 15.7. The van der Waals surface area contributed by atoms with Crippen LogP contribution < -0.4 is 0 Å². The summed E-state index contributed by atoms with van der Waals surface area (Å²) in [5.41, 5.74) is 0.693. The molecule has 21 heavy (non-hydrogen) atoms. The van der Waals surface area contributed by atoms with E-state index in [-0.39, 0.29) is 5.78 Å². The minimum Gasteiger partial charge on any atom is -0.297 e. The number of benzene rings is 1. The van der Waals surface area contributed by atoms with E-state index >= 15 is 0 Å². The van der Waals surface area contributed by atoms with Crippen molar-refractivity contribution < 1.29 is 9.28 Å². The molecule has 0 unspecified atom stereocenters. The molecule has 0 aliphatic heterocycles. The maximum atomic E-state index is 12.3. The molecule has 0 aliphatic carbocycles. The van der Waals surface area contributed by atoms with Crippen LogP contribution in [0.3, 0.4) is 0 Å². The Hall–Kier alpha value is -1.12. The van der Waals surface area contributed by atoms with Gasteiger partial charge < -0.3 is 0 Å². The molecule has 0 fully saturated rings. The molecule has 1 aromatic rings. The molecule has 0 aromatic heterocycles. The van der Waals surface area contributed by atoms with Crippen LogP contribution in [0.4, 0.5) is 0 Å². The van der Waals surface area contributed by atoms with E-state index in [1.54, 1.807) is 30.3 Å². The number of rotatable bonds is 9. The van der Waals surface area contributed by atoms with Crippen molar-refractivity contribution >= 4 is 17.4 Å². The van der Waals surface area contributed by atoms with Gasteiger partial charge in [-0.25, -0.2) is 0 Å². The average Bonchev–Trinajstić information content (AvgIpc) is 2.46. The highest BCUT2D eigenvalue weighted by atomic mass is 35.5. The van der Waals surface area contributed by atoms with E-state index in [0.717, 1.165) is 43.4 Å². The van der Waals surface area contributed by atoms with Crippen LogP contribution in [0, 0.1) is 0 Å². The first kappa shape index (κ1) is 17.9. The number of ketones is 1.